The van der Waals surface area contributed by atoms with Crippen molar-refractivity contribution in [1.82, 2.24) is 19.7 Å². The summed E-state index contributed by atoms with van der Waals surface area (Å²) in [7, 11) is 3.57. The SMILES string of the molecule is COc1cccc(-c2nnc(SCC(=O)N(Cc3ccccc3)C(C)C3CC3)n2C)c1. The van der Waals surface area contributed by atoms with Gasteiger partial charge in [0.25, 0.3) is 0 Å². The zero-order valence-electron chi connectivity index (χ0n) is 18.2. The smallest absolute Gasteiger partial charge is 0.233 e. The predicted octanol–water partition coefficient (Wildman–Crippen LogP) is 4.41. The van der Waals surface area contributed by atoms with Gasteiger partial charge >= 0.3 is 0 Å². The van der Waals surface area contributed by atoms with Gasteiger partial charge in [-0.25, -0.2) is 0 Å². The maximum absolute atomic E-state index is 13.2. The maximum Gasteiger partial charge on any atom is 0.233 e. The van der Waals surface area contributed by atoms with E-state index in [4.69, 9.17) is 4.74 Å². The van der Waals surface area contributed by atoms with E-state index in [9.17, 15) is 4.79 Å². The molecule has 0 spiro atoms. The largest absolute Gasteiger partial charge is 0.497 e. The topological polar surface area (TPSA) is 60.3 Å². The highest BCUT2D eigenvalue weighted by atomic mass is 32.2. The van der Waals surface area contributed by atoms with Crippen LogP contribution in [0.5, 0.6) is 5.75 Å². The van der Waals surface area contributed by atoms with Crippen LogP contribution in [0.15, 0.2) is 59.8 Å². The van der Waals surface area contributed by atoms with Gasteiger partial charge in [0, 0.05) is 25.2 Å². The van der Waals surface area contributed by atoms with Gasteiger partial charge in [-0.05, 0) is 43.4 Å². The average molecular weight is 437 g/mol. The number of hydrogen-bond donors (Lipinski definition) is 0. The zero-order valence-corrected chi connectivity index (χ0v) is 19.0. The van der Waals surface area contributed by atoms with Gasteiger partial charge in [0.1, 0.15) is 5.75 Å². The zero-order chi connectivity index (χ0) is 21.8. The van der Waals surface area contributed by atoms with E-state index in [-0.39, 0.29) is 11.9 Å². The summed E-state index contributed by atoms with van der Waals surface area (Å²) in [6, 6.07) is 18.2. The third-order valence-corrected chi connectivity index (χ3v) is 6.80. The van der Waals surface area contributed by atoms with Crippen LogP contribution in [0.4, 0.5) is 0 Å². The molecule has 0 radical (unpaired) electrons. The summed E-state index contributed by atoms with van der Waals surface area (Å²) in [6.07, 6.45) is 2.42. The van der Waals surface area contributed by atoms with Gasteiger partial charge in [-0.3, -0.25) is 4.79 Å². The lowest BCUT2D eigenvalue weighted by Crippen LogP contribution is -2.40. The molecule has 1 saturated carbocycles. The van der Waals surface area contributed by atoms with Crippen molar-refractivity contribution in [3.8, 4) is 17.1 Å². The van der Waals surface area contributed by atoms with Crippen LogP contribution in [0.25, 0.3) is 11.4 Å². The first-order valence-electron chi connectivity index (χ1n) is 10.6. The van der Waals surface area contributed by atoms with E-state index in [1.165, 1.54) is 24.6 Å². The molecule has 0 N–H and O–H groups in total. The number of benzene rings is 2. The van der Waals surface area contributed by atoms with Crippen LogP contribution < -0.4 is 4.74 Å². The van der Waals surface area contributed by atoms with E-state index >= 15 is 0 Å². The van der Waals surface area contributed by atoms with E-state index in [0.29, 0.717) is 18.2 Å². The molecule has 162 valence electrons. The highest BCUT2D eigenvalue weighted by Crippen LogP contribution is 2.36. The second-order valence-electron chi connectivity index (χ2n) is 7.97. The Kier molecular flexibility index (Phi) is 6.61. The van der Waals surface area contributed by atoms with E-state index in [2.05, 4.69) is 29.3 Å². The molecule has 1 aromatic heterocycles. The normalized spacial score (nSPS) is 14.3. The summed E-state index contributed by atoms with van der Waals surface area (Å²) < 4.78 is 7.24. The molecule has 1 atom stereocenters. The molecule has 1 heterocycles. The molecule has 1 amide bonds. The van der Waals surface area contributed by atoms with Gasteiger partial charge in [0.15, 0.2) is 11.0 Å². The van der Waals surface area contributed by atoms with Crippen LogP contribution >= 0.6 is 11.8 Å². The number of carbonyl (C=O) groups is 1. The summed E-state index contributed by atoms with van der Waals surface area (Å²) in [6.45, 7) is 2.82. The Morgan fingerprint density at radius 1 is 1.19 bits per heavy atom. The maximum atomic E-state index is 13.2. The minimum Gasteiger partial charge on any atom is -0.497 e. The summed E-state index contributed by atoms with van der Waals surface area (Å²) in [5, 5.41) is 9.38. The van der Waals surface area contributed by atoms with Crippen molar-refractivity contribution in [1.29, 1.82) is 0 Å². The lowest BCUT2D eigenvalue weighted by molar-refractivity contribution is -0.131. The monoisotopic (exact) mass is 436 g/mol. The standard InChI is InChI=1S/C24H28N4O2S/c1-17(19-12-13-19)28(15-18-8-5-4-6-9-18)22(29)16-31-24-26-25-23(27(24)2)20-10-7-11-21(14-20)30-3/h4-11,14,17,19H,12-13,15-16H2,1-3H3. The number of carbonyl (C=O) groups excluding carboxylic acids is 1. The Morgan fingerprint density at radius 2 is 1.97 bits per heavy atom. The van der Waals surface area contributed by atoms with E-state index in [1.54, 1.807) is 7.11 Å². The number of thioether (sulfide) groups is 1. The lowest BCUT2D eigenvalue weighted by atomic mass is 10.1. The Morgan fingerprint density at radius 3 is 2.68 bits per heavy atom. The third kappa shape index (κ3) is 5.10. The molecule has 1 aliphatic carbocycles. The minimum absolute atomic E-state index is 0.138. The molecular weight excluding hydrogens is 408 g/mol. The molecule has 1 fully saturated rings. The number of amides is 1. The van der Waals surface area contributed by atoms with Crippen LogP contribution in [0, 0.1) is 5.92 Å². The number of methoxy groups -OCH3 is 1. The first-order valence-corrected chi connectivity index (χ1v) is 11.6. The Bertz CT molecular complexity index is 1030. The third-order valence-electron chi connectivity index (χ3n) is 5.80. The molecular formula is C24H28N4O2S. The molecule has 3 aromatic rings. The van der Waals surface area contributed by atoms with E-state index in [1.807, 2.05) is 59.0 Å². The Balaban J connectivity index is 1.45. The van der Waals surface area contributed by atoms with Gasteiger partial charge in [-0.2, -0.15) is 0 Å². The van der Waals surface area contributed by atoms with Crippen LogP contribution in [-0.4, -0.2) is 44.5 Å². The molecule has 7 heteroatoms. The second-order valence-corrected chi connectivity index (χ2v) is 8.91. The summed E-state index contributed by atoms with van der Waals surface area (Å²) in [4.78, 5) is 15.2. The fraction of sp³-hybridized carbons (Fsp3) is 0.375. The van der Waals surface area contributed by atoms with Crippen molar-refractivity contribution in [3.63, 3.8) is 0 Å². The van der Waals surface area contributed by atoms with E-state index < -0.39 is 0 Å². The van der Waals surface area contributed by atoms with Crippen molar-refractivity contribution in [2.75, 3.05) is 12.9 Å². The first-order chi connectivity index (χ1) is 15.1. The van der Waals surface area contributed by atoms with Crippen molar-refractivity contribution in [3.05, 3.63) is 60.2 Å². The van der Waals surface area contributed by atoms with Crippen LogP contribution in [0.2, 0.25) is 0 Å². The van der Waals surface area contributed by atoms with Crippen molar-refractivity contribution in [2.45, 2.75) is 37.5 Å². The van der Waals surface area contributed by atoms with Crippen LogP contribution in [0.3, 0.4) is 0 Å². The summed E-state index contributed by atoms with van der Waals surface area (Å²) >= 11 is 1.44. The van der Waals surface area contributed by atoms with Gasteiger partial charge in [-0.15, -0.1) is 10.2 Å². The number of aromatic nitrogens is 3. The lowest BCUT2D eigenvalue weighted by Gasteiger charge is -2.29. The highest BCUT2D eigenvalue weighted by Gasteiger charge is 2.34. The fourth-order valence-corrected chi connectivity index (χ4v) is 4.53. The minimum atomic E-state index is 0.138. The summed E-state index contributed by atoms with van der Waals surface area (Å²) in [5.74, 6) is 2.62. The molecule has 0 aliphatic heterocycles. The fourth-order valence-electron chi connectivity index (χ4n) is 3.74. The molecule has 1 aliphatic rings. The highest BCUT2D eigenvalue weighted by molar-refractivity contribution is 7.99. The van der Waals surface area contributed by atoms with Crippen LogP contribution in [0.1, 0.15) is 25.3 Å². The number of hydrogen-bond acceptors (Lipinski definition) is 5. The van der Waals surface area contributed by atoms with Crippen LogP contribution in [-0.2, 0) is 18.4 Å². The second kappa shape index (κ2) is 9.56. The quantitative estimate of drug-likeness (QED) is 0.465. The number of rotatable bonds is 9. The first kappa shape index (κ1) is 21.4. The number of nitrogens with zero attached hydrogens (tertiary/aromatic N) is 4. The average Bonchev–Trinajstić information content (AvgIpc) is 3.59. The molecule has 31 heavy (non-hydrogen) atoms. The summed E-state index contributed by atoms with van der Waals surface area (Å²) in [5.41, 5.74) is 2.09. The molecule has 0 bridgehead atoms. The van der Waals surface area contributed by atoms with Crippen molar-refractivity contribution in [2.24, 2.45) is 13.0 Å². The van der Waals surface area contributed by atoms with Gasteiger partial charge < -0.3 is 14.2 Å². The molecule has 4 rings (SSSR count). The Labute approximate surface area is 187 Å². The van der Waals surface area contributed by atoms with Crippen molar-refractivity contribution >= 4 is 17.7 Å². The number of ether oxygens (including phenoxy) is 1. The van der Waals surface area contributed by atoms with Gasteiger partial charge in [0.2, 0.25) is 5.91 Å². The molecule has 2 aromatic carbocycles. The van der Waals surface area contributed by atoms with Gasteiger partial charge in [0.05, 0.1) is 12.9 Å². The van der Waals surface area contributed by atoms with E-state index in [0.717, 1.165) is 27.9 Å². The van der Waals surface area contributed by atoms with Crippen molar-refractivity contribution < 1.29 is 9.53 Å². The van der Waals surface area contributed by atoms with Gasteiger partial charge in [-0.1, -0.05) is 54.2 Å². The molecule has 6 nitrogen and oxygen atoms in total. The predicted molar refractivity (Wildman–Crippen MR) is 123 cm³/mol. The molecule has 1 unspecified atom stereocenters. The molecule has 0 saturated heterocycles. The Hall–Kier alpha value is -2.80.